The maximum absolute atomic E-state index is 12.5. The predicted molar refractivity (Wildman–Crippen MR) is 76.2 cm³/mol. The Kier molecular flexibility index (Phi) is 4.68. The van der Waals surface area contributed by atoms with E-state index >= 15 is 0 Å². The van der Waals surface area contributed by atoms with Crippen LogP contribution in [0.4, 0.5) is 13.2 Å². The van der Waals surface area contributed by atoms with Crippen LogP contribution in [0.1, 0.15) is 28.2 Å². The molecule has 0 bridgehead atoms. The summed E-state index contributed by atoms with van der Waals surface area (Å²) in [4.78, 5) is 0. The molecule has 0 saturated heterocycles. The summed E-state index contributed by atoms with van der Waals surface area (Å²) in [6, 6.07) is 12.9. The van der Waals surface area contributed by atoms with Crippen molar-refractivity contribution in [2.75, 3.05) is 6.61 Å². The molecule has 2 rings (SSSR count). The van der Waals surface area contributed by atoms with E-state index in [1.165, 1.54) is 12.1 Å². The molecule has 0 saturated carbocycles. The van der Waals surface area contributed by atoms with Crippen LogP contribution in [-0.2, 0) is 12.6 Å². The average Bonchev–Trinajstić information content (AvgIpc) is 2.45. The highest BCUT2D eigenvalue weighted by molar-refractivity contribution is 5.29. The summed E-state index contributed by atoms with van der Waals surface area (Å²) in [5.41, 5.74) is 2.25. The molecule has 1 unspecified atom stereocenters. The van der Waals surface area contributed by atoms with E-state index in [9.17, 15) is 18.3 Å². The first-order chi connectivity index (χ1) is 9.90. The van der Waals surface area contributed by atoms with Gasteiger partial charge in [-0.25, -0.2) is 0 Å². The van der Waals surface area contributed by atoms with Crippen molar-refractivity contribution in [1.82, 2.24) is 0 Å². The van der Waals surface area contributed by atoms with Crippen molar-refractivity contribution >= 4 is 0 Å². The molecule has 0 aromatic heterocycles. The molecule has 0 spiro atoms. The zero-order chi connectivity index (χ0) is 15.5. The zero-order valence-corrected chi connectivity index (χ0v) is 11.7. The van der Waals surface area contributed by atoms with Gasteiger partial charge >= 0.3 is 6.18 Å². The first-order valence-electron chi connectivity index (χ1n) is 6.73. The fourth-order valence-corrected chi connectivity index (χ4v) is 2.24. The summed E-state index contributed by atoms with van der Waals surface area (Å²) in [5.74, 6) is -0.109. The molecular weight excluding hydrogens is 277 g/mol. The molecule has 21 heavy (non-hydrogen) atoms. The molecule has 4 heteroatoms. The van der Waals surface area contributed by atoms with E-state index < -0.39 is 11.7 Å². The van der Waals surface area contributed by atoms with Crippen molar-refractivity contribution in [2.24, 2.45) is 0 Å². The van der Waals surface area contributed by atoms with E-state index in [1.54, 1.807) is 0 Å². The summed E-state index contributed by atoms with van der Waals surface area (Å²) in [6.45, 7) is 1.94. The SMILES string of the molecule is Cc1ccc(C(CO)Cc2ccc(C(F)(F)F)cc2)cc1. The number of hydrogen-bond acceptors (Lipinski definition) is 1. The normalized spacial score (nSPS) is 13.2. The Morgan fingerprint density at radius 3 is 2.00 bits per heavy atom. The van der Waals surface area contributed by atoms with Gasteiger partial charge in [0, 0.05) is 5.92 Å². The van der Waals surface area contributed by atoms with Gasteiger partial charge in [-0.1, -0.05) is 42.0 Å². The van der Waals surface area contributed by atoms with Crippen LogP contribution in [0, 0.1) is 6.92 Å². The third-order valence-corrected chi connectivity index (χ3v) is 3.53. The van der Waals surface area contributed by atoms with E-state index in [1.807, 2.05) is 31.2 Å². The van der Waals surface area contributed by atoms with E-state index in [-0.39, 0.29) is 12.5 Å². The molecular formula is C17H17F3O. The van der Waals surface area contributed by atoms with Gasteiger partial charge < -0.3 is 5.11 Å². The van der Waals surface area contributed by atoms with Crippen LogP contribution in [0.5, 0.6) is 0 Å². The van der Waals surface area contributed by atoms with E-state index in [2.05, 4.69) is 0 Å². The smallest absolute Gasteiger partial charge is 0.396 e. The lowest BCUT2D eigenvalue weighted by molar-refractivity contribution is -0.137. The van der Waals surface area contributed by atoms with Gasteiger partial charge in [0.2, 0.25) is 0 Å². The third kappa shape index (κ3) is 4.08. The molecule has 0 radical (unpaired) electrons. The summed E-state index contributed by atoms with van der Waals surface area (Å²) in [7, 11) is 0. The number of aliphatic hydroxyl groups is 1. The maximum Gasteiger partial charge on any atom is 0.416 e. The Morgan fingerprint density at radius 1 is 0.952 bits per heavy atom. The number of rotatable bonds is 4. The van der Waals surface area contributed by atoms with E-state index in [0.717, 1.165) is 28.8 Å². The average molecular weight is 294 g/mol. The molecule has 112 valence electrons. The lowest BCUT2D eigenvalue weighted by atomic mass is 9.92. The molecule has 1 N–H and O–H groups in total. The van der Waals surface area contributed by atoms with Crippen molar-refractivity contribution in [3.63, 3.8) is 0 Å². The van der Waals surface area contributed by atoms with Gasteiger partial charge in [0.15, 0.2) is 0 Å². The molecule has 2 aromatic rings. The lowest BCUT2D eigenvalue weighted by Gasteiger charge is -2.15. The van der Waals surface area contributed by atoms with Crippen molar-refractivity contribution < 1.29 is 18.3 Å². The lowest BCUT2D eigenvalue weighted by Crippen LogP contribution is -2.09. The van der Waals surface area contributed by atoms with Gasteiger partial charge in [0.25, 0.3) is 0 Å². The fourth-order valence-electron chi connectivity index (χ4n) is 2.24. The summed E-state index contributed by atoms with van der Waals surface area (Å²) in [6.07, 6.45) is -3.80. The minimum atomic E-state index is -4.31. The van der Waals surface area contributed by atoms with Crippen molar-refractivity contribution in [3.8, 4) is 0 Å². The Bertz CT molecular complexity index is 570. The number of hydrogen-bond donors (Lipinski definition) is 1. The highest BCUT2D eigenvalue weighted by Crippen LogP contribution is 2.30. The summed E-state index contributed by atoms with van der Waals surface area (Å²) in [5, 5.41) is 9.51. The highest BCUT2D eigenvalue weighted by Gasteiger charge is 2.30. The van der Waals surface area contributed by atoms with Crippen LogP contribution in [0.3, 0.4) is 0 Å². The van der Waals surface area contributed by atoms with Crippen molar-refractivity contribution in [3.05, 3.63) is 70.8 Å². The molecule has 2 aromatic carbocycles. The van der Waals surface area contributed by atoms with E-state index in [0.29, 0.717) is 6.42 Å². The number of alkyl halides is 3. The Balaban J connectivity index is 2.13. The number of benzene rings is 2. The Hall–Kier alpha value is -1.81. The monoisotopic (exact) mass is 294 g/mol. The molecule has 0 aliphatic heterocycles. The second-order valence-electron chi connectivity index (χ2n) is 5.19. The molecule has 0 fully saturated rings. The van der Waals surface area contributed by atoms with Gasteiger partial charge in [-0.05, 0) is 36.6 Å². The Labute approximate surface area is 122 Å². The van der Waals surface area contributed by atoms with Gasteiger partial charge in [-0.3, -0.25) is 0 Å². The van der Waals surface area contributed by atoms with Crippen LogP contribution in [-0.4, -0.2) is 11.7 Å². The predicted octanol–water partition coefficient (Wildman–Crippen LogP) is 4.33. The minimum Gasteiger partial charge on any atom is -0.396 e. The third-order valence-electron chi connectivity index (χ3n) is 3.53. The molecule has 0 amide bonds. The van der Waals surface area contributed by atoms with Crippen LogP contribution in [0.2, 0.25) is 0 Å². The molecule has 0 aliphatic carbocycles. The van der Waals surface area contributed by atoms with Crippen LogP contribution < -0.4 is 0 Å². The van der Waals surface area contributed by atoms with Crippen LogP contribution in [0.15, 0.2) is 48.5 Å². The van der Waals surface area contributed by atoms with Crippen LogP contribution in [0.25, 0.3) is 0 Å². The summed E-state index contributed by atoms with van der Waals surface area (Å²) < 4.78 is 37.5. The molecule has 1 nitrogen and oxygen atoms in total. The first kappa shape index (κ1) is 15.6. The topological polar surface area (TPSA) is 20.2 Å². The highest BCUT2D eigenvalue weighted by atomic mass is 19.4. The van der Waals surface area contributed by atoms with Crippen molar-refractivity contribution in [1.29, 1.82) is 0 Å². The quantitative estimate of drug-likeness (QED) is 0.889. The second kappa shape index (κ2) is 6.31. The van der Waals surface area contributed by atoms with Crippen LogP contribution >= 0.6 is 0 Å². The summed E-state index contributed by atoms with van der Waals surface area (Å²) >= 11 is 0. The van der Waals surface area contributed by atoms with Crippen molar-refractivity contribution in [2.45, 2.75) is 25.4 Å². The van der Waals surface area contributed by atoms with E-state index in [4.69, 9.17) is 0 Å². The second-order valence-corrected chi connectivity index (χ2v) is 5.19. The molecule has 0 aliphatic rings. The number of aliphatic hydroxyl groups excluding tert-OH is 1. The number of halogens is 3. The number of aryl methyl sites for hydroxylation is 1. The first-order valence-corrected chi connectivity index (χ1v) is 6.73. The molecule has 0 heterocycles. The minimum absolute atomic E-state index is 0.0376. The Morgan fingerprint density at radius 2 is 1.52 bits per heavy atom. The fraction of sp³-hybridized carbons (Fsp3) is 0.294. The zero-order valence-electron chi connectivity index (χ0n) is 11.7. The standard InChI is InChI=1S/C17H17F3O/c1-12-2-6-14(7-3-12)15(11-21)10-13-4-8-16(9-5-13)17(18,19)20/h2-9,15,21H,10-11H2,1H3. The van der Waals surface area contributed by atoms with Gasteiger partial charge in [0.05, 0.1) is 12.2 Å². The largest absolute Gasteiger partial charge is 0.416 e. The molecule has 1 atom stereocenters. The van der Waals surface area contributed by atoms with Gasteiger partial charge in [-0.15, -0.1) is 0 Å². The maximum atomic E-state index is 12.5. The van der Waals surface area contributed by atoms with Gasteiger partial charge in [0.1, 0.15) is 0 Å². The van der Waals surface area contributed by atoms with Gasteiger partial charge in [-0.2, -0.15) is 13.2 Å².